The van der Waals surface area contributed by atoms with Crippen molar-refractivity contribution in [1.29, 1.82) is 0 Å². The zero-order valence-electron chi connectivity index (χ0n) is 14.9. The van der Waals surface area contributed by atoms with Crippen LogP contribution in [-0.2, 0) is 0 Å². The van der Waals surface area contributed by atoms with Gasteiger partial charge in [-0.05, 0) is 36.3 Å². The molecule has 142 valence electrons. The molecule has 0 radical (unpaired) electrons. The summed E-state index contributed by atoms with van der Waals surface area (Å²) in [6, 6.07) is 16.9. The molecule has 3 rings (SSSR count). The van der Waals surface area contributed by atoms with E-state index in [0.717, 1.165) is 11.1 Å². The highest BCUT2D eigenvalue weighted by molar-refractivity contribution is 5.71. The van der Waals surface area contributed by atoms with Gasteiger partial charge < -0.3 is 9.72 Å². The fourth-order valence-electron chi connectivity index (χ4n) is 2.63. The second-order valence-corrected chi connectivity index (χ2v) is 6.00. The highest BCUT2D eigenvalue weighted by atomic mass is 16.6. The number of rotatable bonds is 6. The average Bonchev–Trinajstić information content (AvgIpc) is 2.67. The zero-order chi connectivity index (χ0) is 20.1. The molecule has 1 aromatic heterocycles. The molecular weight excluding hydrogens is 362 g/mol. The van der Waals surface area contributed by atoms with Crippen LogP contribution in [0.4, 0.5) is 5.69 Å². The number of benzene rings is 2. The van der Waals surface area contributed by atoms with E-state index in [0.29, 0.717) is 5.75 Å². The van der Waals surface area contributed by atoms with Crippen LogP contribution < -0.4 is 16.0 Å². The lowest BCUT2D eigenvalue weighted by Crippen LogP contribution is -2.25. The van der Waals surface area contributed by atoms with E-state index >= 15 is 0 Å². The summed E-state index contributed by atoms with van der Waals surface area (Å²) in [6.45, 7) is 1.95. The van der Waals surface area contributed by atoms with Gasteiger partial charge in [0, 0.05) is 0 Å². The molecule has 0 fully saturated rings. The highest BCUT2D eigenvalue weighted by Crippen LogP contribution is 2.22. The average molecular weight is 379 g/mol. The molecule has 0 aliphatic heterocycles. The monoisotopic (exact) mass is 379 g/mol. The van der Waals surface area contributed by atoms with Crippen LogP contribution in [-0.4, -0.2) is 14.9 Å². The summed E-state index contributed by atoms with van der Waals surface area (Å²) in [5, 5.41) is 11.0. The summed E-state index contributed by atoms with van der Waals surface area (Å²) in [4.78, 5) is 37.3. The number of hydrogen-bond donors (Lipinski definition) is 2. The quantitative estimate of drug-likeness (QED) is 0.503. The van der Waals surface area contributed by atoms with Crippen molar-refractivity contribution in [3.63, 3.8) is 0 Å². The number of aromatic amines is 2. The van der Waals surface area contributed by atoms with Crippen LogP contribution in [0.2, 0.25) is 0 Å². The third-order valence-corrected chi connectivity index (χ3v) is 4.03. The molecule has 1 atom stereocenters. The zero-order valence-corrected chi connectivity index (χ0v) is 14.9. The molecule has 0 spiro atoms. The molecule has 0 aliphatic rings. The third-order valence-electron chi connectivity index (χ3n) is 4.03. The van der Waals surface area contributed by atoms with Crippen LogP contribution in [0.1, 0.15) is 29.8 Å². The largest absolute Gasteiger partial charge is 0.486 e. The smallest absolute Gasteiger partial charge is 0.357 e. The van der Waals surface area contributed by atoms with E-state index in [1.807, 2.05) is 42.2 Å². The third kappa shape index (κ3) is 4.42. The molecule has 8 nitrogen and oxygen atoms in total. The number of nitrogens with one attached hydrogen (secondary N) is 2. The van der Waals surface area contributed by atoms with Crippen molar-refractivity contribution in [3.8, 4) is 5.75 Å². The lowest BCUT2D eigenvalue weighted by Gasteiger charge is -2.15. The van der Waals surface area contributed by atoms with Crippen molar-refractivity contribution in [2.24, 2.45) is 0 Å². The first-order valence-electron chi connectivity index (χ1n) is 8.45. The number of nitrogens with zero attached hydrogens (tertiary/aromatic N) is 1. The summed E-state index contributed by atoms with van der Waals surface area (Å²) < 4.78 is 5.89. The van der Waals surface area contributed by atoms with E-state index in [-0.39, 0.29) is 11.8 Å². The lowest BCUT2D eigenvalue weighted by molar-refractivity contribution is -0.386. The normalized spacial score (nSPS) is 12.0. The first kappa shape index (κ1) is 18.8. The minimum Gasteiger partial charge on any atom is -0.486 e. The minimum absolute atomic E-state index is 0.119. The minimum atomic E-state index is -1.05. The summed E-state index contributed by atoms with van der Waals surface area (Å²) >= 11 is 0. The SMILES string of the molecule is C[C@H](Oc1ccc(/C=C/c2[nH]c(=O)[nH]c(=O)c2[N+](=O)[O-])cc1)c1ccccc1. The molecule has 0 saturated carbocycles. The van der Waals surface area contributed by atoms with Crippen LogP contribution in [0.5, 0.6) is 5.75 Å². The van der Waals surface area contributed by atoms with E-state index in [1.54, 1.807) is 30.3 Å². The fraction of sp³-hybridized carbons (Fsp3) is 0.100. The Balaban J connectivity index is 1.77. The van der Waals surface area contributed by atoms with Gasteiger partial charge in [0.1, 0.15) is 17.5 Å². The second-order valence-electron chi connectivity index (χ2n) is 6.00. The van der Waals surface area contributed by atoms with Gasteiger partial charge >= 0.3 is 16.9 Å². The Morgan fingerprint density at radius 2 is 1.68 bits per heavy atom. The maximum absolute atomic E-state index is 11.6. The first-order valence-corrected chi connectivity index (χ1v) is 8.45. The van der Waals surface area contributed by atoms with Gasteiger partial charge in [-0.25, -0.2) is 4.79 Å². The topological polar surface area (TPSA) is 118 Å². The Morgan fingerprint density at radius 1 is 1.00 bits per heavy atom. The van der Waals surface area contributed by atoms with E-state index < -0.39 is 21.9 Å². The van der Waals surface area contributed by atoms with Crippen LogP contribution in [0.3, 0.4) is 0 Å². The van der Waals surface area contributed by atoms with Gasteiger partial charge in [0.2, 0.25) is 0 Å². The Morgan fingerprint density at radius 3 is 2.32 bits per heavy atom. The van der Waals surface area contributed by atoms with Crippen molar-refractivity contribution in [1.82, 2.24) is 9.97 Å². The van der Waals surface area contributed by atoms with E-state index in [1.165, 1.54) is 6.08 Å². The summed E-state index contributed by atoms with van der Waals surface area (Å²) in [5.74, 6) is 0.670. The van der Waals surface area contributed by atoms with Crippen molar-refractivity contribution in [3.05, 3.63) is 102 Å². The maximum Gasteiger partial charge on any atom is 0.357 e. The van der Waals surface area contributed by atoms with Gasteiger partial charge in [-0.3, -0.25) is 19.9 Å². The lowest BCUT2D eigenvalue weighted by atomic mass is 10.1. The molecule has 0 bridgehead atoms. The van der Waals surface area contributed by atoms with Crippen LogP contribution in [0, 0.1) is 10.1 Å². The molecule has 0 amide bonds. The van der Waals surface area contributed by atoms with Gasteiger partial charge in [-0.1, -0.05) is 48.5 Å². The van der Waals surface area contributed by atoms with Crippen LogP contribution >= 0.6 is 0 Å². The molecule has 0 saturated heterocycles. The van der Waals surface area contributed by atoms with E-state index in [2.05, 4.69) is 4.98 Å². The number of ether oxygens (including phenoxy) is 1. The Hall–Kier alpha value is -3.94. The summed E-state index contributed by atoms with van der Waals surface area (Å²) in [7, 11) is 0. The second kappa shape index (κ2) is 8.17. The fourth-order valence-corrected chi connectivity index (χ4v) is 2.63. The molecule has 28 heavy (non-hydrogen) atoms. The summed E-state index contributed by atoms with van der Waals surface area (Å²) in [5.41, 5.74) is -0.975. The molecule has 8 heteroatoms. The Kier molecular flexibility index (Phi) is 5.50. The van der Waals surface area contributed by atoms with E-state index in [9.17, 15) is 19.7 Å². The maximum atomic E-state index is 11.6. The standard InChI is InChI=1S/C20H17N3O5/c1-13(15-5-3-2-4-6-15)28-16-10-7-14(8-11-16)9-12-17-18(23(26)27)19(24)22-20(25)21-17/h2-13H,1H3,(H2,21,22,24,25)/b12-9+/t13-/m0/s1. The predicted octanol–water partition coefficient (Wildman–Crippen LogP) is 3.28. The van der Waals surface area contributed by atoms with Gasteiger partial charge in [0.25, 0.3) is 0 Å². The van der Waals surface area contributed by atoms with Crippen molar-refractivity contribution in [2.45, 2.75) is 13.0 Å². The molecule has 0 aliphatic carbocycles. The summed E-state index contributed by atoms with van der Waals surface area (Å²) in [6.07, 6.45) is 2.76. The van der Waals surface area contributed by atoms with Crippen molar-refractivity contribution in [2.75, 3.05) is 0 Å². The molecule has 3 aromatic rings. The number of aromatic nitrogens is 2. The van der Waals surface area contributed by atoms with Gasteiger partial charge in [-0.15, -0.1) is 0 Å². The molecule has 1 heterocycles. The highest BCUT2D eigenvalue weighted by Gasteiger charge is 2.18. The van der Waals surface area contributed by atoms with Crippen LogP contribution in [0.15, 0.2) is 64.2 Å². The molecule has 2 N–H and O–H groups in total. The molecular formula is C20H17N3O5. The van der Waals surface area contributed by atoms with Crippen LogP contribution in [0.25, 0.3) is 12.2 Å². The first-order chi connectivity index (χ1) is 13.4. The Labute approximate surface area is 159 Å². The predicted molar refractivity (Wildman–Crippen MR) is 105 cm³/mol. The molecule has 2 aromatic carbocycles. The van der Waals surface area contributed by atoms with Crippen molar-refractivity contribution >= 4 is 17.8 Å². The van der Waals surface area contributed by atoms with Crippen molar-refractivity contribution < 1.29 is 9.66 Å². The van der Waals surface area contributed by atoms with Gasteiger partial charge in [0.15, 0.2) is 0 Å². The van der Waals surface area contributed by atoms with E-state index in [4.69, 9.17) is 4.74 Å². The molecule has 0 unspecified atom stereocenters. The van der Waals surface area contributed by atoms with Gasteiger partial charge in [-0.2, -0.15) is 0 Å². The van der Waals surface area contributed by atoms with Gasteiger partial charge in [0.05, 0.1) is 4.92 Å². The number of hydrogen-bond acceptors (Lipinski definition) is 5. The number of nitro groups is 1. The number of H-pyrrole nitrogens is 2. The Bertz CT molecular complexity index is 1120.